The third-order valence-corrected chi connectivity index (χ3v) is 6.58. The van der Waals surface area contributed by atoms with Gasteiger partial charge in [-0.05, 0) is 61.8 Å². The summed E-state index contributed by atoms with van der Waals surface area (Å²) in [6.45, 7) is 2.66. The second-order valence-corrected chi connectivity index (χ2v) is 8.18. The molecule has 0 radical (unpaired) electrons. The zero-order chi connectivity index (χ0) is 18.1. The molecule has 1 amide bonds. The second kappa shape index (κ2) is 7.23. The molecule has 5 heteroatoms. The van der Waals surface area contributed by atoms with Crippen LogP contribution in [0.4, 0.5) is 0 Å². The first-order chi connectivity index (χ1) is 12.6. The smallest absolute Gasteiger partial charge is 0.348 e. The number of ether oxygens (including phenoxy) is 1. The summed E-state index contributed by atoms with van der Waals surface area (Å²) in [6, 6.07) is 10.5. The Morgan fingerprint density at radius 2 is 2.00 bits per heavy atom. The van der Waals surface area contributed by atoms with E-state index in [-0.39, 0.29) is 24.5 Å². The first-order valence-electron chi connectivity index (χ1n) is 9.31. The monoisotopic (exact) mass is 369 g/mol. The van der Waals surface area contributed by atoms with Crippen LogP contribution in [-0.4, -0.2) is 36.0 Å². The molecule has 1 fully saturated rings. The number of aryl methyl sites for hydroxylation is 2. The number of nitrogens with zero attached hydrogens (tertiary/aromatic N) is 1. The predicted molar refractivity (Wildman–Crippen MR) is 102 cm³/mol. The van der Waals surface area contributed by atoms with Crippen LogP contribution in [0.2, 0.25) is 0 Å². The Kier molecular flexibility index (Phi) is 4.81. The summed E-state index contributed by atoms with van der Waals surface area (Å²) in [5.41, 5.74) is 3.75. The van der Waals surface area contributed by atoms with Gasteiger partial charge in [-0.1, -0.05) is 24.3 Å². The maximum atomic E-state index is 12.5. The van der Waals surface area contributed by atoms with E-state index in [2.05, 4.69) is 25.1 Å². The average Bonchev–Trinajstić information content (AvgIpc) is 3.11. The molecule has 1 aromatic carbocycles. The molecular weight excluding hydrogens is 346 g/mol. The molecule has 4 nitrogen and oxygen atoms in total. The Morgan fingerprint density at radius 3 is 2.85 bits per heavy atom. The number of carbonyl (C=O) groups excluding carboxylic acids is 2. The maximum Gasteiger partial charge on any atom is 0.348 e. The van der Waals surface area contributed by atoms with Gasteiger partial charge in [-0.25, -0.2) is 4.79 Å². The van der Waals surface area contributed by atoms with Gasteiger partial charge in [0.2, 0.25) is 0 Å². The molecular formula is C21H23NO3S. The fraction of sp³-hybridized carbons (Fsp3) is 0.429. The van der Waals surface area contributed by atoms with Gasteiger partial charge >= 0.3 is 5.97 Å². The molecule has 1 saturated heterocycles. The lowest BCUT2D eigenvalue weighted by Crippen LogP contribution is -2.44. The summed E-state index contributed by atoms with van der Waals surface area (Å²) in [7, 11) is 0. The minimum atomic E-state index is -0.389. The van der Waals surface area contributed by atoms with E-state index in [1.165, 1.54) is 28.0 Å². The standard InChI is InChI=1S/C21H23NO3S/c1-14-6-4-5-11-22(14)19(23)13-25-21(24)18-12-16-10-9-15-7-2-3-8-17(15)20(16)26-18/h2-3,7-8,12,14H,4-6,9-11,13H2,1H3. The molecule has 0 saturated carbocycles. The number of hydrogen-bond acceptors (Lipinski definition) is 4. The summed E-state index contributed by atoms with van der Waals surface area (Å²) < 4.78 is 5.34. The van der Waals surface area contributed by atoms with Crippen molar-refractivity contribution in [3.05, 3.63) is 46.3 Å². The van der Waals surface area contributed by atoms with Crippen LogP contribution < -0.4 is 0 Å². The number of rotatable bonds is 3. The number of benzene rings is 1. The lowest BCUT2D eigenvalue weighted by Gasteiger charge is -2.33. The summed E-state index contributed by atoms with van der Waals surface area (Å²) in [4.78, 5) is 28.4. The van der Waals surface area contributed by atoms with E-state index in [0.29, 0.717) is 4.88 Å². The average molecular weight is 369 g/mol. The molecule has 0 N–H and O–H groups in total. The van der Waals surface area contributed by atoms with Crippen molar-refractivity contribution in [2.45, 2.75) is 45.1 Å². The Hall–Kier alpha value is -2.14. The highest BCUT2D eigenvalue weighted by Gasteiger charge is 2.25. The van der Waals surface area contributed by atoms with Gasteiger partial charge in [-0.3, -0.25) is 4.79 Å². The fourth-order valence-corrected chi connectivity index (χ4v) is 5.09. The molecule has 1 aromatic heterocycles. The van der Waals surface area contributed by atoms with Crippen molar-refractivity contribution in [1.29, 1.82) is 0 Å². The lowest BCUT2D eigenvalue weighted by atomic mass is 9.91. The summed E-state index contributed by atoms with van der Waals surface area (Å²) in [5.74, 6) is -0.475. The summed E-state index contributed by atoms with van der Waals surface area (Å²) >= 11 is 1.47. The van der Waals surface area contributed by atoms with Crippen molar-refractivity contribution in [2.24, 2.45) is 0 Å². The van der Waals surface area contributed by atoms with E-state index in [9.17, 15) is 9.59 Å². The van der Waals surface area contributed by atoms with E-state index < -0.39 is 0 Å². The molecule has 2 heterocycles. The molecule has 1 unspecified atom stereocenters. The van der Waals surface area contributed by atoms with Gasteiger partial charge < -0.3 is 9.64 Å². The molecule has 26 heavy (non-hydrogen) atoms. The van der Waals surface area contributed by atoms with Gasteiger partial charge in [0.15, 0.2) is 6.61 Å². The molecule has 2 aromatic rings. The van der Waals surface area contributed by atoms with Crippen LogP contribution in [0.1, 0.15) is 47.0 Å². The van der Waals surface area contributed by atoms with E-state index in [4.69, 9.17) is 4.74 Å². The van der Waals surface area contributed by atoms with Crippen molar-refractivity contribution >= 4 is 23.2 Å². The van der Waals surface area contributed by atoms with Crippen LogP contribution in [-0.2, 0) is 22.4 Å². The normalized spacial score (nSPS) is 18.8. The van der Waals surface area contributed by atoms with Crippen LogP contribution in [0, 0.1) is 0 Å². The number of piperidine rings is 1. The highest BCUT2D eigenvalue weighted by atomic mass is 32.1. The zero-order valence-corrected chi connectivity index (χ0v) is 15.8. The molecule has 1 aliphatic heterocycles. The van der Waals surface area contributed by atoms with Crippen LogP contribution in [0.25, 0.3) is 10.4 Å². The van der Waals surface area contributed by atoms with Gasteiger partial charge in [0.1, 0.15) is 4.88 Å². The van der Waals surface area contributed by atoms with Crippen molar-refractivity contribution < 1.29 is 14.3 Å². The number of esters is 1. The van der Waals surface area contributed by atoms with E-state index >= 15 is 0 Å². The van der Waals surface area contributed by atoms with Crippen molar-refractivity contribution in [1.82, 2.24) is 4.90 Å². The van der Waals surface area contributed by atoms with E-state index in [0.717, 1.165) is 43.5 Å². The Bertz CT molecular complexity index is 842. The topological polar surface area (TPSA) is 46.6 Å². The highest BCUT2D eigenvalue weighted by molar-refractivity contribution is 7.17. The number of amides is 1. The van der Waals surface area contributed by atoms with Crippen molar-refractivity contribution in [3.8, 4) is 10.4 Å². The predicted octanol–water partition coefficient (Wildman–Crippen LogP) is 4.07. The quantitative estimate of drug-likeness (QED) is 0.766. The molecule has 1 aliphatic carbocycles. The Morgan fingerprint density at radius 1 is 1.19 bits per heavy atom. The van der Waals surface area contributed by atoms with Crippen LogP contribution in [0.15, 0.2) is 30.3 Å². The maximum absolute atomic E-state index is 12.5. The first kappa shape index (κ1) is 17.3. The van der Waals surface area contributed by atoms with E-state index in [1.807, 2.05) is 17.0 Å². The summed E-state index contributed by atoms with van der Waals surface area (Å²) in [5, 5.41) is 0. The molecule has 136 valence electrons. The van der Waals surface area contributed by atoms with Crippen LogP contribution in [0.3, 0.4) is 0 Å². The molecule has 0 bridgehead atoms. The van der Waals surface area contributed by atoms with Gasteiger partial charge in [0, 0.05) is 17.5 Å². The lowest BCUT2D eigenvalue weighted by molar-refractivity contribution is -0.137. The number of carbonyl (C=O) groups is 2. The Labute approximate surface area is 157 Å². The number of likely N-dealkylation sites (tertiary alicyclic amines) is 1. The van der Waals surface area contributed by atoms with Crippen molar-refractivity contribution in [2.75, 3.05) is 13.2 Å². The third kappa shape index (κ3) is 3.28. The van der Waals surface area contributed by atoms with Gasteiger partial charge in [-0.2, -0.15) is 0 Å². The van der Waals surface area contributed by atoms with E-state index in [1.54, 1.807) is 0 Å². The number of hydrogen-bond donors (Lipinski definition) is 0. The van der Waals surface area contributed by atoms with Crippen molar-refractivity contribution in [3.63, 3.8) is 0 Å². The first-order valence-corrected chi connectivity index (χ1v) is 10.1. The summed E-state index contributed by atoms with van der Waals surface area (Å²) in [6.07, 6.45) is 5.16. The minimum absolute atomic E-state index is 0.0859. The van der Waals surface area contributed by atoms with Gasteiger partial charge in [0.05, 0.1) is 0 Å². The minimum Gasteiger partial charge on any atom is -0.451 e. The molecule has 2 aliphatic rings. The fourth-order valence-electron chi connectivity index (χ4n) is 3.92. The van der Waals surface area contributed by atoms with Crippen LogP contribution in [0.5, 0.6) is 0 Å². The number of fused-ring (bicyclic) bond motifs is 3. The van der Waals surface area contributed by atoms with Crippen LogP contribution >= 0.6 is 11.3 Å². The largest absolute Gasteiger partial charge is 0.451 e. The third-order valence-electron chi connectivity index (χ3n) is 5.39. The highest BCUT2D eigenvalue weighted by Crippen LogP contribution is 2.39. The molecule has 1 atom stereocenters. The zero-order valence-electron chi connectivity index (χ0n) is 15.0. The van der Waals surface area contributed by atoms with Gasteiger partial charge in [0.25, 0.3) is 5.91 Å². The van der Waals surface area contributed by atoms with Gasteiger partial charge in [-0.15, -0.1) is 11.3 Å². The second-order valence-electron chi connectivity index (χ2n) is 7.13. The molecule has 4 rings (SSSR count). The SMILES string of the molecule is CC1CCCCN1C(=O)COC(=O)c1cc2c(s1)-c1ccccc1CC2. The molecule has 0 spiro atoms. The Balaban J connectivity index is 1.44. The number of thiophene rings is 1.